The van der Waals surface area contributed by atoms with Crippen LogP contribution in [0.1, 0.15) is 119 Å². The highest BCUT2D eigenvalue weighted by atomic mass is 14.7. The molecule has 0 aromatic heterocycles. The van der Waals surface area contributed by atoms with Gasteiger partial charge in [0, 0.05) is 0 Å². The Morgan fingerprint density at radius 2 is 1.50 bits per heavy atom. The van der Waals surface area contributed by atoms with Gasteiger partial charge in [-0.25, -0.2) is 0 Å². The number of rotatable bonds is 7. The molecule has 3 aliphatic rings. The lowest BCUT2D eigenvalue weighted by Gasteiger charge is -2.62. The maximum absolute atomic E-state index is 4.67. The monoisotopic (exact) mass is 410 g/mol. The Morgan fingerprint density at radius 1 is 0.800 bits per heavy atom. The molecule has 0 radical (unpaired) electrons. The summed E-state index contributed by atoms with van der Waals surface area (Å²) in [5.74, 6) is 2.59. The van der Waals surface area contributed by atoms with Crippen molar-refractivity contribution in [3.05, 3.63) is 35.5 Å². The fourth-order valence-electron chi connectivity index (χ4n) is 8.47. The molecule has 0 amide bonds. The molecular weight excluding hydrogens is 360 g/mol. The molecule has 3 saturated carbocycles. The van der Waals surface area contributed by atoms with E-state index in [1.807, 2.05) is 0 Å². The summed E-state index contributed by atoms with van der Waals surface area (Å²) in [6.45, 7) is 21.8. The molecule has 1 unspecified atom stereocenters. The molecular formula is C30H50. The fraction of sp³-hybridized carbons (Fsp3) is 0.800. The third kappa shape index (κ3) is 4.54. The van der Waals surface area contributed by atoms with Crippen LogP contribution in [0.4, 0.5) is 0 Å². The Morgan fingerprint density at radius 3 is 2.20 bits per heavy atom. The first-order valence-corrected chi connectivity index (χ1v) is 13.0. The fourth-order valence-corrected chi connectivity index (χ4v) is 8.47. The second kappa shape index (κ2) is 8.99. The Bertz CT molecular complexity index is 685. The van der Waals surface area contributed by atoms with Crippen LogP contribution in [0.3, 0.4) is 0 Å². The minimum Gasteiger partial charge on any atom is -0.0995 e. The standard InChI is InChI=1S/C30H50/c1-22(2)12-9-13-23(3)14-10-15-24(4)25-16-17-27-29(25,7)21-18-26-28(5,6)19-11-20-30(26,27)8/h12,14,25-27H,4,9-11,13,15-21H2,1-3,5-8H3/b23-14+/t25-,26+,27?,29+,30+/m1/s1. The van der Waals surface area contributed by atoms with Crippen LogP contribution < -0.4 is 0 Å². The molecule has 0 aromatic rings. The van der Waals surface area contributed by atoms with Crippen molar-refractivity contribution in [2.75, 3.05) is 0 Å². The molecule has 0 heteroatoms. The first kappa shape index (κ1) is 23.9. The van der Waals surface area contributed by atoms with Crippen molar-refractivity contribution < 1.29 is 0 Å². The zero-order chi connectivity index (χ0) is 22.2. The van der Waals surface area contributed by atoms with Crippen molar-refractivity contribution in [3.63, 3.8) is 0 Å². The van der Waals surface area contributed by atoms with Crippen molar-refractivity contribution in [1.29, 1.82) is 0 Å². The predicted molar refractivity (Wildman–Crippen MR) is 134 cm³/mol. The smallest absolute Gasteiger partial charge is 0.0149 e. The predicted octanol–water partition coefficient (Wildman–Crippen LogP) is 9.67. The number of allylic oxidation sites excluding steroid dienone is 5. The van der Waals surface area contributed by atoms with Crippen LogP contribution in [-0.4, -0.2) is 0 Å². The second-order valence-electron chi connectivity index (χ2n) is 12.7. The highest BCUT2D eigenvalue weighted by Gasteiger charge is 2.62. The lowest BCUT2D eigenvalue weighted by atomic mass is 9.43. The molecule has 0 N–H and O–H groups in total. The summed E-state index contributed by atoms with van der Waals surface area (Å²) in [5, 5.41) is 0. The third-order valence-electron chi connectivity index (χ3n) is 9.92. The summed E-state index contributed by atoms with van der Waals surface area (Å²) in [6, 6.07) is 0. The number of hydrogen-bond acceptors (Lipinski definition) is 0. The Kier molecular flexibility index (Phi) is 7.16. The molecule has 0 heterocycles. The summed E-state index contributed by atoms with van der Waals surface area (Å²) in [6.07, 6.45) is 19.7. The second-order valence-corrected chi connectivity index (χ2v) is 12.7. The van der Waals surface area contributed by atoms with Crippen LogP contribution in [0.25, 0.3) is 0 Å². The quantitative estimate of drug-likeness (QED) is 0.366. The van der Waals surface area contributed by atoms with E-state index in [0.29, 0.717) is 16.2 Å². The lowest BCUT2D eigenvalue weighted by molar-refractivity contribution is -0.123. The van der Waals surface area contributed by atoms with Crippen molar-refractivity contribution >= 4 is 0 Å². The van der Waals surface area contributed by atoms with E-state index in [-0.39, 0.29) is 0 Å². The molecule has 0 saturated heterocycles. The summed E-state index contributed by atoms with van der Waals surface area (Å²) in [4.78, 5) is 0. The summed E-state index contributed by atoms with van der Waals surface area (Å²) in [5.41, 5.74) is 6.14. The maximum Gasteiger partial charge on any atom is -0.0149 e. The molecule has 0 aromatic carbocycles. The van der Waals surface area contributed by atoms with E-state index in [1.165, 1.54) is 76.2 Å². The average Bonchev–Trinajstić information content (AvgIpc) is 2.99. The first-order valence-electron chi connectivity index (χ1n) is 13.0. The van der Waals surface area contributed by atoms with E-state index in [4.69, 9.17) is 0 Å². The van der Waals surface area contributed by atoms with Gasteiger partial charge >= 0.3 is 0 Å². The Hall–Kier alpha value is -0.780. The van der Waals surface area contributed by atoms with Gasteiger partial charge < -0.3 is 0 Å². The number of hydrogen-bond donors (Lipinski definition) is 0. The van der Waals surface area contributed by atoms with Gasteiger partial charge in [0.25, 0.3) is 0 Å². The van der Waals surface area contributed by atoms with E-state index in [1.54, 1.807) is 11.1 Å². The molecule has 0 nitrogen and oxygen atoms in total. The molecule has 170 valence electrons. The number of fused-ring (bicyclic) bond motifs is 3. The summed E-state index contributed by atoms with van der Waals surface area (Å²) >= 11 is 0. The SMILES string of the molecule is C=C(CC/C=C(\C)CCC=C(C)C)[C@H]1CCC2[C@@]1(C)CC[C@H]1C(C)(C)CCC[C@]21C. The van der Waals surface area contributed by atoms with Gasteiger partial charge in [-0.1, -0.05) is 69.6 Å². The topological polar surface area (TPSA) is 0 Å². The Balaban J connectivity index is 1.62. The maximum atomic E-state index is 4.67. The van der Waals surface area contributed by atoms with Crippen molar-refractivity contribution in [1.82, 2.24) is 0 Å². The zero-order valence-corrected chi connectivity index (χ0v) is 21.4. The first-order chi connectivity index (χ1) is 14.0. The average molecular weight is 411 g/mol. The highest BCUT2D eigenvalue weighted by molar-refractivity contribution is 5.18. The molecule has 5 atom stereocenters. The van der Waals surface area contributed by atoms with Crippen molar-refractivity contribution in [3.8, 4) is 0 Å². The van der Waals surface area contributed by atoms with Gasteiger partial charge in [0.1, 0.15) is 0 Å². The van der Waals surface area contributed by atoms with Crippen LogP contribution in [-0.2, 0) is 0 Å². The molecule has 3 rings (SSSR count). The van der Waals surface area contributed by atoms with E-state index in [2.05, 4.69) is 67.2 Å². The van der Waals surface area contributed by atoms with E-state index < -0.39 is 0 Å². The molecule has 30 heavy (non-hydrogen) atoms. The Labute approximate surface area is 188 Å². The van der Waals surface area contributed by atoms with Gasteiger partial charge in [-0.2, -0.15) is 0 Å². The highest BCUT2D eigenvalue weighted by Crippen LogP contribution is 2.70. The van der Waals surface area contributed by atoms with Crippen LogP contribution in [0, 0.1) is 34.0 Å². The lowest BCUT2D eigenvalue weighted by Crippen LogP contribution is -2.54. The minimum absolute atomic E-state index is 0.498. The molecule has 3 fully saturated rings. The van der Waals surface area contributed by atoms with Crippen LogP contribution >= 0.6 is 0 Å². The van der Waals surface area contributed by atoms with Crippen molar-refractivity contribution in [2.45, 2.75) is 119 Å². The van der Waals surface area contributed by atoms with Crippen LogP contribution in [0.15, 0.2) is 35.5 Å². The molecule has 0 aliphatic heterocycles. The van der Waals surface area contributed by atoms with Gasteiger partial charge in [0.2, 0.25) is 0 Å². The van der Waals surface area contributed by atoms with Crippen molar-refractivity contribution in [2.24, 2.45) is 34.0 Å². The van der Waals surface area contributed by atoms with Crippen LogP contribution in [0.2, 0.25) is 0 Å². The third-order valence-corrected chi connectivity index (χ3v) is 9.92. The van der Waals surface area contributed by atoms with Gasteiger partial charge in [-0.05, 0) is 119 Å². The summed E-state index contributed by atoms with van der Waals surface area (Å²) in [7, 11) is 0. The normalized spacial score (nSPS) is 38.0. The zero-order valence-electron chi connectivity index (χ0n) is 21.4. The molecule has 0 bridgehead atoms. The summed E-state index contributed by atoms with van der Waals surface area (Å²) < 4.78 is 0. The van der Waals surface area contributed by atoms with E-state index in [9.17, 15) is 0 Å². The van der Waals surface area contributed by atoms with Gasteiger partial charge in [-0.15, -0.1) is 0 Å². The van der Waals surface area contributed by atoms with Gasteiger partial charge in [0.15, 0.2) is 0 Å². The van der Waals surface area contributed by atoms with E-state index in [0.717, 1.165) is 17.8 Å². The molecule has 0 spiro atoms. The van der Waals surface area contributed by atoms with Gasteiger partial charge in [0.05, 0.1) is 0 Å². The molecule has 3 aliphatic carbocycles. The van der Waals surface area contributed by atoms with Crippen LogP contribution in [0.5, 0.6) is 0 Å². The van der Waals surface area contributed by atoms with E-state index >= 15 is 0 Å². The van der Waals surface area contributed by atoms with Gasteiger partial charge in [-0.3, -0.25) is 0 Å². The minimum atomic E-state index is 0.498. The largest absolute Gasteiger partial charge is 0.0995 e.